The monoisotopic (exact) mass is 366 g/mol. The first-order valence-corrected chi connectivity index (χ1v) is 8.97. The molecule has 2 aromatic rings. The van der Waals surface area contributed by atoms with Gasteiger partial charge in [0, 0.05) is 12.3 Å². The maximum absolute atomic E-state index is 13.3. The Bertz CT molecular complexity index is 814. The Morgan fingerprint density at radius 3 is 3.16 bits per heavy atom. The van der Waals surface area contributed by atoms with Gasteiger partial charge in [0.05, 0.1) is 18.4 Å². The molecule has 1 fully saturated rings. The third kappa shape index (κ3) is 4.49. The number of carbonyl (C=O) groups excluding carboxylic acids is 1. The number of H-pyrrole nitrogens is 1. The van der Waals surface area contributed by atoms with Crippen molar-refractivity contribution < 1.29 is 13.9 Å². The molecule has 0 spiro atoms. The Hall–Kier alpha value is -2.13. The second-order valence-electron chi connectivity index (χ2n) is 5.85. The lowest BCUT2D eigenvalue weighted by Crippen LogP contribution is -2.25. The van der Waals surface area contributed by atoms with Crippen LogP contribution in [0.15, 0.2) is 28.2 Å². The Morgan fingerprint density at radius 1 is 1.56 bits per heavy atom. The minimum Gasteiger partial charge on any atom is -0.376 e. The summed E-state index contributed by atoms with van der Waals surface area (Å²) in [5.41, 5.74) is 0.888. The summed E-state index contributed by atoms with van der Waals surface area (Å²) in [4.78, 5) is 24.0. The van der Waals surface area contributed by atoms with E-state index in [9.17, 15) is 14.0 Å². The van der Waals surface area contributed by atoms with Gasteiger partial charge in [-0.1, -0.05) is 17.8 Å². The third-order valence-corrected chi connectivity index (χ3v) is 4.92. The topological polar surface area (TPSA) is 89.0 Å². The predicted octanol–water partition coefficient (Wildman–Crippen LogP) is 1.93. The van der Waals surface area contributed by atoms with Gasteiger partial charge < -0.3 is 10.1 Å². The molecular weight excluding hydrogens is 347 g/mol. The first-order chi connectivity index (χ1) is 12.0. The molecule has 1 aliphatic rings. The van der Waals surface area contributed by atoms with E-state index in [4.69, 9.17) is 4.74 Å². The van der Waals surface area contributed by atoms with E-state index in [2.05, 4.69) is 15.5 Å². The number of hydrogen-bond donors (Lipinski definition) is 2. The highest BCUT2D eigenvalue weighted by atomic mass is 32.2. The number of aromatic nitrogens is 3. The van der Waals surface area contributed by atoms with Crippen LogP contribution in [0.3, 0.4) is 0 Å². The summed E-state index contributed by atoms with van der Waals surface area (Å²) in [7, 11) is 0. The highest BCUT2D eigenvalue weighted by Crippen LogP contribution is 2.20. The van der Waals surface area contributed by atoms with Crippen molar-refractivity contribution in [3.63, 3.8) is 0 Å². The van der Waals surface area contributed by atoms with E-state index in [1.807, 2.05) is 0 Å². The molecule has 1 aromatic heterocycles. The summed E-state index contributed by atoms with van der Waals surface area (Å²) in [6.45, 7) is 2.91. The van der Waals surface area contributed by atoms with Crippen LogP contribution in [0.2, 0.25) is 0 Å². The zero-order chi connectivity index (χ0) is 17.8. The largest absolute Gasteiger partial charge is 0.376 e. The number of aryl methyl sites for hydroxylation is 1. The van der Waals surface area contributed by atoms with E-state index < -0.39 is 5.82 Å². The van der Waals surface area contributed by atoms with Crippen molar-refractivity contribution in [2.45, 2.75) is 37.6 Å². The number of nitrogens with one attached hydrogen (secondary N) is 2. The quantitative estimate of drug-likeness (QED) is 0.763. The van der Waals surface area contributed by atoms with Crippen LogP contribution in [0.4, 0.5) is 10.1 Å². The molecule has 9 heteroatoms. The standard InChI is InChI=1S/C16H19FN4O3S/c1-10-4-5-11(17)7-13(10)18-14(22)9-25-16-20-19-15(23)21(16)8-12-3-2-6-24-12/h4-5,7,12H,2-3,6,8-9H2,1H3,(H,18,22)(H,19,23). The zero-order valence-electron chi connectivity index (χ0n) is 13.8. The minimum absolute atomic E-state index is 0.00146. The normalized spacial score (nSPS) is 17.0. The van der Waals surface area contributed by atoms with Crippen molar-refractivity contribution in [2.75, 3.05) is 17.7 Å². The first-order valence-electron chi connectivity index (χ1n) is 7.98. The number of nitrogens with zero attached hydrogens (tertiary/aromatic N) is 2. The fraction of sp³-hybridized carbons (Fsp3) is 0.438. The molecule has 2 N–H and O–H groups in total. The van der Waals surface area contributed by atoms with E-state index in [1.54, 1.807) is 13.0 Å². The third-order valence-electron chi connectivity index (χ3n) is 3.94. The average molecular weight is 366 g/mol. The Morgan fingerprint density at radius 2 is 2.40 bits per heavy atom. The molecule has 3 rings (SSSR count). The SMILES string of the molecule is Cc1ccc(F)cc1NC(=O)CSc1n[nH]c(=O)n1CC1CCCO1. The highest BCUT2D eigenvalue weighted by Gasteiger charge is 2.20. The molecule has 1 unspecified atom stereocenters. The first kappa shape index (κ1) is 17.7. The molecule has 2 heterocycles. The van der Waals surface area contributed by atoms with Crippen molar-refractivity contribution in [2.24, 2.45) is 0 Å². The van der Waals surface area contributed by atoms with Gasteiger partial charge in [-0.2, -0.15) is 0 Å². The summed E-state index contributed by atoms with van der Waals surface area (Å²) < 4.78 is 20.3. The molecule has 1 saturated heterocycles. The van der Waals surface area contributed by atoms with Crippen LogP contribution < -0.4 is 11.0 Å². The molecule has 25 heavy (non-hydrogen) atoms. The van der Waals surface area contributed by atoms with Crippen LogP contribution in [-0.2, 0) is 16.1 Å². The molecule has 1 amide bonds. The summed E-state index contributed by atoms with van der Waals surface area (Å²) in [5, 5.41) is 9.47. The Balaban J connectivity index is 1.60. The number of amides is 1. The molecule has 0 saturated carbocycles. The molecule has 0 bridgehead atoms. The van der Waals surface area contributed by atoms with Crippen LogP contribution in [0.1, 0.15) is 18.4 Å². The summed E-state index contributed by atoms with van der Waals surface area (Å²) in [6.07, 6.45) is 1.88. The lowest BCUT2D eigenvalue weighted by Gasteiger charge is -2.11. The van der Waals surface area contributed by atoms with Crippen molar-refractivity contribution >= 4 is 23.4 Å². The van der Waals surface area contributed by atoms with Crippen LogP contribution in [0.25, 0.3) is 0 Å². The lowest BCUT2D eigenvalue weighted by molar-refractivity contribution is -0.113. The number of benzene rings is 1. The van der Waals surface area contributed by atoms with E-state index in [0.717, 1.165) is 30.2 Å². The lowest BCUT2D eigenvalue weighted by atomic mass is 10.2. The van der Waals surface area contributed by atoms with E-state index in [0.29, 0.717) is 24.0 Å². The van der Waals surface area contributed by atoms with Crippen LogP contribution in [-0.4, -0.2) is 39.1 Å². The van der Waals surface area contributed by atoms with Gasteiger partial charge in [0.25, 0.3) is 0 Å². The Labute approximate surface area is 148 Å². The fourth-order valence-corrected chi connectivity index (χ4v) is 3.37. The highest BCUT2D eigenvalue weighted by molar-refractivity contribution is 7.99. The number of hydrogen-bond acceptors (Lipinski definition) is 5. The number of aromatic amines is 1. The molecule has 7 nitrogen and oxygen atoms in total. The van der Waals surface area contributed by atoms with Crippen molar-refractivity contribution in [1.82, 2.24) is 14.8 Å². The number of thioether (sulfide) groups is 1. The number of carbonyl (C=O) groups is 1. The van der Waals surface area contributed by atoms with Gasteiger partial charge >= 0.3 is 5.69 Å². The molecule has 0 aliphatic carbocycles. The molecule has 134 valence electrons. The maximum Gasteiger partial charge on any atom is 0.344 e. The Kier molecular flexibility index (Phi) is 5.54. The van der Waals surface area contributed by atoms with Crippen molar-refractivity contribution in [3.8, 4) is 0 Å². The van der Waals surface area contributed by atoms with E-state index >= 15 is 0 Å². The van der Waals surface area contributed by atoms with Gasteiger partial charge in [-0.15, -0.1) is 5.10 Å². The van der Waals surface area contributed by atoms with Crippen molar-refractivity contribution in [1.29, 1.82) is 0 Å². The summed E-state index contributed by atoms with van der Waals surface area (Å²) in [5.74, 6) is -0.643. The summed E-state index contributed by atoms with van der Waals surface area (Å²) in [6, 6.07) is 4.22. The van der Waals surface area contributed by atoms with Gasteiger partial charge in [-0.3, -0.25) is 9.36 Å². The predicted molar refractivity (Wildman–Crippen MR) is 92.3 cm³/mol. The van der Waals surface area contributed by atoms with Gasteiger partial charge in [-0.05, 0) is 37.5 Å². The second-order valence-corrected chi connectivity index (χ2v) is 6.80. The van der Waals surface area contributed by atoms with Gasteiger partial charge in [-0.25, -0.2) is 14.3 Å². The number of halogens is 1. The average Bonchev–Trinajstić information content (AvgIpc) is 3.21. The zero-order valence-corrected chi connectivity index (χ0v) is 14.6. The molecule has 1 aromatic carbocycles. The molecule has 1 aliphatic heterocycles. The van der Waals surface area contributed by atoms with E-state index in [1.165, 1.54) is 16.7 Å². The minimum atomic E-state index is -0.411. The number of rotatable bonds is 6. The number of ether oxygens (including phenoxy) is 1. The van der Waals surface area contributed by atoms with E-state index in [-0.39, 0.29) is 23.5 Å². The van der Waals surface area contributed by atoms with Crippen LogP contribution in [0.5, 0.6) is 0 Å². The van der Waals surface area contributed by atoms with Gasteiger partial charge in [0.15, 0.2) is 5.16 Å². The molecular formula is C16H19FN4O3S. The van der Waals surface area contributed by atoms with Crippen LogP contribution in [0, 0.1) is 12.7 Å². The molecule has 0 radical (unpaired) electrons. The van der Waals surface area contributed by atoms with Crippen molar-refractivity contribution in [3.05, 3.63) is 40.1 Å². The maximum atomic E-state index is 13.3. The number of anilines is 1. The summed E-state index contributed by atoms with van der Waals surface area (Å²) >= 11 is 1.15. The molecule has 1 atom stereocenters. The van der Waals surface area contributed by atoms with Gasteiger partial charge in [0.1, 0.15) is 5.82 Å². The smallest absolute Gasteiger partial charge is 0.344 e. The van der Waals surface area contributed by atoms with Gasteiger partial charge in [0.2, 0.25) is 5.91 Å². The fourth-order valence-electron chi connectivity index (χ4n) is 2.61. The van der Waals surface area contributed by atoms with Crippen LogP contribution >= 0.6 is 11.8 Å². The second kappa shape index (κ2) is 7.83.